The second-order valence-electron chi connectivity index (χ2n) is 7.11. The summed E-state index contributed by atoms with van der Waals surface area (Å²) in [7, 11) is 0. The maximum absolute atomic E-state index is 13.1. The first-order valence-corrected chi connectivity index (χ1v) is 10.7. The molecule has 1 fully saturated rings. The third-order valence-corrected chi connectivity index (χ3v) is 5.94. The number of benzene rings is 2. The Morgan fingerprint density at radius 1 is 1.03 bits per heavy atom. The summed E-state index contributed by atoms with van der Waals surface area (Å²) in [6.07, 6.45) is 0. The zero-order valence-corrected chi connectivity index (χ0v) is 17.3. The minimum Gasteiger partial charge on any atom is -0.344 e. The number of carbonyl (C=O) groups is 2. The molecule has 0 radical (unpaired) electrons. The summed E-state index contributed by atoms with van der Waals surface area (Å²) in [6.45, 7) is 5.18. The molecule has 0 bridgehead atoms. The average molecular weight is 416 g/mol. The highest BCUT2D eigenvalue weighted by atomic mass is 32.2. The number of nitrogens with zero attached hydrogens (tertiary/aromatic N) is 2. The molecule has 29 heavy (non-hydrogen) atoms. The molecule has 1 saturated heterocycles. The molecule has 2 aromatic rings. The maximum atomic E-state index is 13.1. The third-order valence-electron chi connectivity index (χ3n) is 4.84. The van der Waals surface area contributed by atoms with Crippen molar-refractivity contribution < 1.29 is 14.0 Å². The van der Waals surface area contributed by atoms with Gasteiger partial charge in [-0.1, -0.05) is 30.3 Å². The quantitative estimate of drug-likeness (QED) is 0.707. The fraction of sp³-hybridized carbons (Fsp3) is 0.364. The van der Waals surface area contributed by atoms with E-state index >= 15 is 0 Å². The van der Waals surface area contributed by atoms with Gasteiger partial charge in [-0.15, -0.1) is 11.8 Å². The van der Waals surface area contributed by atoms with Crippen LogP contribution in [0.25, 0.3) is 0 Å². The molecule has 1 heterocycles. The molecule has 0 saturated carbocycles. The first-order chi connectivity index (χ1) is 14.0. The lowest BCUT2D eigenvalue weighted by Gasteiger charge is -2.36. The van der Waals surface area contributed by atoms with Crippen molar-refractivity contribution in [1.82, 2.24) is 15.1 Å². The number of hydrogen-bond acceptors (Lipinski definition) is 4. The van der Waals surface area contributed by atoms with E-state index in [1.807, 2.05) is 23.1 Å². The van der Waals surface area contributed by atoms with Gasteiger partial charge in [0.1, 0.15) is 11.9 Å². The fourth-order valence-electron chi connectivity index (χ4n) is 3.32. The summed E-state index contributed by atoms with van der Waals surface area (Å²) >= 11 is 1.43. The molecule has 2 aromatic carbocycles. The minimum atomic E-state index is -0.594. The van der Waals surface area contributed by atoms with Crippen molar-refractivity contribution in [3.63, 3.8) is 0 Å². The van der Waals surface area contributed by atoms with Gasteiger partial charge in [-0.05, 0) is 29.8 Å². The van der Waals surface area contributed by atoms with E-state index in [9.17, 15) is 14.0 Å². The standard InChI is InChI=1S/C22H26FN3O2S/c1-17(27)24-21(16-29-20-9-7-19(23)8-10-20)22(28)26-13-11-25(12-14-26)15-18-5-3-2-4-6-18/h2-10,21H,11-16H2,1H3,(H,24,27). The van der Waals surface area contributed by atoms with Gasteiger partial charge in [0.15, 0.2) is 0 Å². The van der Waals surface area contributed by atoms with Crippen molar-refractivity contribution in [2.24, 2.45) is 0 Å². The summed E-state index contributed by atoms with van der Waals surface area (Å²) in [5.74, 6) is -0.175. The summed E-state index contributed by atoms with van der Waals surface area (Å²) in [4.78, 5) is 29.6. The topological polar surface area (TPSA) is 52.7 Å². The van der Waals surface area contributed by atoms with Crippen LogP contribution in [0.15, 0.2) is 59.5 Å². The van der Waals surface area contributed by atoms with E-state index in [2.05, 4.69) is 22.3 Å². The normalized spacial score (nSPS) is 15.7. The van der Waals surface area contributed by atoms with E-state index in [1.165, 1.54) is 36.4 Å². The van der Waals surface area contributed by atoms with Crippen LogP contribution in [0.5, 0.6) is 0 Å². The number of carbonyl (C=O) groups excluding carboxylic acids is 2. The molecule has 5 nitrogen and oxygen atoms in total. The van der Waals surface area contributed by atoms with Gasteiger partial charge in [-0.3, -0.25) is 14.5 Å². The van der Waals surface area contributed by atoms with Crippen LogP contribution in [0.3, 0.4) is 0 Å². The molecule has 1 aliphatic rings. The molecule has 1 aliphatic heterocycles. The van der Waals surface area contributed by atoms with Gasteiger partial charge in [0, 0.05) is 50.3 Å². The van der Waals surface area contributed by atoms with Gasteiger partial charge in [0.05, 0.1) is 0 Å². The summed E-state index contributed by atoms with van der Waals surface area (Å²) < 4.78 is 13.1. The Morgan fingerprint density at radius 2 is 1.69 bits per heavy atom. The van der Waals surface area contributed by atoms with Crippen molar-refractivity contribution in [1.29, 1.82) is 0 Å². The molecule has 3 rings (SSSR count). The van der Waals surface area contributed by atoms with E-state index in [-0.39, 0.29) is 17.6 Å². The number of piperazine rings is 1. The Bertz CT molecular complexity index is 809. The second-order valence-corrected chi connectivity index (χ2v) is 8.20. The van der Waals surface area contributed by atoms with Gasteiger partial charge < -0.3 is 10.2 Å². The highest BCUT2D eigenvalue weighted by Gasteiger charge is 2.28. The van der Waals surface area contributed by atoms with Gasteiger partial charge in [-0.25, -0.2) is 4.39 Å². The number of amides is 2. The summed E-state index contributed by atoms with van der Waals surface area (Å²) in [5.41, 5.74) is 1.26. The molecule has 2 amide bonds. The lowest BCUT2D eigenvalue weighted by molar-refractivity contribution is -0.137. The van der Waals surface area contributed by atoms with Crippen molar-refractivity contribution in [2.45, 2.75) is 24.4 Å². The number of thioether (sulfide) groups is 1. The average Bonchev–Trinajstić information content (AvgIpc) is 2.73. The van der Waals surface area contributed by atoms with Gasteiger partial charge >= 0.3 is 0 Å². The van der Waals surface area contributed by atoms with Crippen LogP contribution in [-0.4, -0.2) is 59.6 Å². The Balaban J connectivity index is 1.53. The highest BCUT2D eigenvalue weighted by Crippen LogP contribution is 2.20. The van der Waals surface area contributed by atoms with Crippen LogP contribution in [0.4, 0.5) is 4.39 Å². The van der Waals surface area contributed by atoms with E-state index < -0.39 is 6.04 Å². The van der Waals surface area contributed by atoms with Gasteiger partial charge in [-0.2, -0.15) is 0 Å². The van der Waals surface area contributed by atoms with Crippen LogP contribution >= 0.6 is 11.8 Å². The SMILES string of the molecule is CC(=O)NC(CSc1ccc(F)cc1)C(=O)N1CCN(Cc2ccccc2)CC1. The molecular weight excluding hydrogens is 389 g/mol. The van der Waals surface area contributed by atoms with E-state index in [4.69, 9.17) is 0 Å². The summed E-state index contributed by atoms with van der Waals surface area (Å²) in [5, 5.41) is 2.77. The van der Waals surface area contributed by atoms with Crippen LogP contribution < -0.4 is 5.32 Å². The molecule has 0 spiro atoms. The summed E-state index contributed by atoms with van der Waals surface area (Å²) in [6, 6.07) is 15.8. The van der Waals surface area contributed by atoms with Crippen LogP contribution in [0.2, 0.25) is 0 Å². The number of halogens is 1. The number of rotatable bonds is 7. The molecule has 1 unspecified atom stereocenters. The molecule has 7 heteroatoms. The second kappa shape index (κ2) is 10.4. The van der Waals surface area contributed by atoms with Crippen molar-refractivity contribution in [2.75, 3.05) is 31.9 Å². The lowest BCUT2D eigenvalue weighted by Crippen LogP contribution is -2.55. The van der Waals surface area contributed by atoms with Crippen molar-refractivity contribution in [3.8, 4) is 0 Å². The molecule has 1 N–H and O–H groups in total. The zero-order valence-electron chi connectivity index (χ0n) is 16.5. The van der Waals surface area contributed by atoms with Crippen LogP contribution in [0, 0.1) is 5.82 Å². The van der Waals surface area contributed by atoms with Gasteiger partial charge in [0.25, 0.3) is 0 Å². The van der Waals surface area contributed by atoms with Crippen molar-refractivity contribution in [3.05, 3.63) is 66.0 Å². The van der Waals surface area contributed by atoms with Crippen LogP contribution in [-0.2, 0) is 16.1 Å². The Morgan fingerprint density at radius 3 is 2.31 bits per heavy atom. The van der Waals surface area contributed by atoms with E-state index in [0.29, 0.717) is 18.8 Å². The Labute approximate surface area is 175 Å². The molecular formula is C22H26FN3O2S. The molecule has 0 aliphatic carbocycles. The molecule has 1 atom stereocenters. The first-order valence-electron chi connectivity index (χ1n) is 9.72. The fourth-order valence-corrected chi connectivity index (χ4v) is 4.23. The largest absolute Gasteiger partial charge is 0.344 e. The Hall–Kier alpha value is -2.38. The Kier molecular flexibility index (Phi) is 7.66. The highest BCUT2D eigenvalue weighted by molar-refractivity contribution is 7.99. The first kappa shape index (κ1) is 21.3. The third kappa shape index (κ3) is 6.58. The predicted molar refractivity (Wildman–Crippen MR) is 113 cm³/mol. The van der Waals surface area contributed by atoms with E-state index in [1.54, 1.807) is 12.1 Å². The smallest absolute Gasteiger partial charge is 0.246 e. The minimum absolute atomic E-state index is 0.0610. The predicted octanol–water partition coefficient (Wildman–Crippen LogP) is 2.77. The van der Waals surface area contributed by atoms with E-state index in [0.717, 1.165) is 24.5 Å². The number of nitrogens with one attached hydrogen (secondary N) is 1. The monoisotopic (exact) mass is 415 g/mol. The zero-order chi connectivity index (χ0) is 20.6. The maximum Gasteiger partial charge on any atom is 0.246 e. The van der Waals surface area contributed by atoms with Crippen LogP contribution in [0.1, 0.15) is 12.5 Å². The van der Waals surface area contributed by atoms with Crippen molar-refractivity contribution >= 4 is 23.6 Å². The van der Waals surface area contributed by atoms with Gasteiger partial charge in [0.2, 0.25) is 11.8 Å². The molecule has 154 valence electrons. The number of hydrogen-bond donors (Lipinski definition) is 1. The lowest BCUT2D eigenvalue weighted by atomic mass is 10.2. The molecule has 0 aromatic heterocycles.